The van der Waals surface area contributed by atoms with Crippen molar-refractivity contribution < 1.29 is 12.8 Å². The summed E-state index contributed by atoms with van der Waals surface area (Å²) in [6, 6.07) is 8.66. The van der Waals surface area contributed by atoms with Gasteiger partial charge in [-0.05, 0) is 53.2 Å². The number of hydrogen-bond acceptors (Lipinski definition) is 3. The Morgan fingerprint density at radius 3 is 2.65 bits per heavy atom. The molecule has 20 heavy (non-hydrogen) atoms. The Hall–Kier alpha value is -1.60. The average molecular weight is 359 g/mol. The number of rotatable bonds is 3. The topological polar surface area (TPSA) is 72.2 Å². The van der Waals surface area contributed by atoms with Crippen molar-refractivity contribution in [2.24, 2.45) is 0 Å². The standard InChI is InChI=1S/C13H12BrFN2O2S/c1-8-11(15)3-2-4-12(8)17-20(18,19)13-7-9(16)5-6-10(13)14/h2-7,17H,16H2,1H3. The normalized spacial score (nSPS) is 11.3. The molecule has 0 amide bonds. The smallest absolute Gasteiger partial charge is 0.263 e. The van der Waals surface area contributed by atoms with E-state index in [0.29, 0.717) is 10.2 Å². The zero-order valence-corrected chi connectivity index (χ0v) is 12.9. The molecule has 106 valence electrons. The number of benzene rings is 2. The molecule has 0 radical (unpaired) electrons. The van der Waals surface area contributed by atoms with Gasteiger partial charge in [0.05, 0.1) is 5.69 Å². The fourth-order valence-corrected chi connectivity index (χ4v) is 3.77. The second kappa shape index (κ2) is 5.41. The highest BCUT2D eigenvalue weighted by Gasteiger charge is 2.19. The van der Waals surface area contributed by atoms with Crippen LogP contribution >= 0.6 is 15.9 Å². The van der Waals surface area contributed by atoms with Gasteiger partial charge in [0, 0.05) is 15.7 Å². The third-order valence-corrected chi connectivity index (χ3v) is 5.12. The molecule has 2 aromatic carbocycles. The summed E-state index contributed by atoms with van der Waals surface area (Å²) in [5.74, 6) is -0.475. The molecular formula is C13H12BrFN2O2S. The van der Waals surface area contributed by atoms with Crippen molar-refractivity contribution in [3.8, 4) is 0 Å². The van der Waals surface area contributed by atoms with Gasteiger partial charge in [-0.3, -0.25) is 4.72 Å². The van der Waals surface area contributed by atoms with Crippen LogP contribution in [0.2, 0.25) is 0 Å². The molecule has 7 heteroatoms. The molecule has 0 fully saturated rings. The first-order valence-electron chi connectivity index (χ1n) is 5.64. The SMILES string of the molecule is Cc1c(F)cccc1NS(=O)(=O)c1cc(N)ccc1Br. The van der Waals surface area contributed by atoms with Crippen LogP contribution in [-0.2, 0) is 10.0 Å². The van der Waals surface area contributed by atoms with Crippen molar-refractivity contribution in [1.82, 2.24) is 0 Å². The Morgan fingerprint density at radius 2 is 1.95 bits per heavy atom. The van der Waals surface area contributed by atoms with Crippen molar-refractivity contribution in [2.75, 3.05) is 10.5 Å². The minimum absolute atomic E-state index is 0.00108. The molecule has 0 heterocycles. The van der Waals surface area contributed by atoms with Gasteiger partial charge in [0.15, 0.2) is 0 Å². The van der Waals surface area contributed by atoms with Gasteiger partial charge >= 0.3 is 0 Å². The Balaban J connectivity index is 2.46. The first-order valence-corrected chi connectivity index (χ1v) is 7.92. The molecular weight excluding hydrogens is 347 g/mol. The molecule has 0 aliphatic heterocycles. The molecule has 2 aromatic rings. The highest BCUT2D eigenvalue weighted by Crippen LogP contribution is 2.27. The summed E-state index contributed by atoms with van der Waals surface area (Å²) in [6.45, 7) is 1.50. The molecule has 0 saturated heterocycles. The fourth-order valence-electron chi connectivity index (χ4n) is 1.64. The maximum Gasteiger partial charge on any atom is 0.263 e. The van der Waals surface area contributed by atoms with E-state index < -0.39 is 15.8 Å². The maximum absolute atomic E-state index is 13.4. The number of anilines is 2. The van der Waals surface area contributed by atoms with Crippen molar-refractivity contribution in [2.45, 2.75) is 11.8 Å². The average Bonchev–Trinajstić information content (AvgIpc) is 2.37. The van der Waals surface area contributed by atoms with E-state index in [2.05, 4.69) is 20.7 Å². The van der Waals surface area contributed by atoms with Crippen molar-refractivity contribution in [3.05, 3.63) is 52.3 Å². The van der Waals surface area contributed by atoms with E-state index in [-0.39, 0.29) is 16.1 Å². The number of nitrogens with two attached hydrogens (primary N) is 1. The van der Waals surface area contributed by atoms with Crippen LogP contribution in [0.1, 0.15) is 5.56 Å². The van der Waals surface area contributed by atoms with E-state index in [0.717, 1.165) is 0 Å². The molecule has 0 saturated carbocycles. The third kappa shape index (κ3) is 2.94. The third-order valence-electron chi connectivity index (χ3n) is 2.76. The first-order chi connectivity index (χ1) is 9.31. The zero-order valence-electron chi connectivity index (χ0n) is 10.5. The van der Waals surface area contributed by atoms with E-state index >= 15 is 0 Å². The summed E-state index contributed by atoms with van der Waals surface area (Å²) in [7, 11) is -3.85. The summed E-state index contributed by atoms with van der Waals surface area (Å²) in [5, 5.41) is 0. The quantitative estimate of drug-likeness (QED) is 0.827. The van der Waals surface area contributed by atoms with Crippen molar-refractivity contribution in [1.29, 1.82) is 0 Å². The van der Waals surface area contributed by atoms with Crippen LogP contribution in [0.5, 0.6) is 0 Å². The number of hydrogen-bond donors (Lipinski definition) is 2. The molecule has 0 aliphatic rings. The molecule has 2 rings (SSSR count). The lowest BCUT2D eigenvalue weighted by atomic mass is 10.2. The monoisotopic (exact) mass is 358 g/mol. The molecule has 4 nitrogen and oxygen atoms in total. The second-order valence-corrected chi connectivity index (χ2v) is 6.71. The van der Waals surface area contributed by atoms with E-state index in [4.69, 9.17) is 5.73 Å². The van der Waals surface area contributed by atoms with Crippen LogP contribution in [0.4, 0.5) is 15.8 Å². The molecule has 0 unspecified atom stereocenters. The lowest BCUT2D eigenvalue weighted by molar-refractivity contribution is 0.600. The Bertz CT molecular complexity index is 763. The van der Waals surface area contributed by atoms with Crippen molar-refractivity contribution in [3.63, 3.8) is 0 Å². The maximum atomic E-state index is 13.4. The Morgan fingerprint density at radius 1 is 1.25 bits per heavy atom. The summed E-state index contributed by atoms with van der Waals surface area (Å²) in [4.78, 5) is 0.00108. The minimum atomic E-state index is -3.85. The zero-order chi connectivity index (χ0) is 14.9. The lowest BCUT2D eigenvalue weighted by Gasteiger charge is -2.12. The molecule has 0 bridgehead atoms. The predicted molar refractivity (Wildman–Crippen MR) is 80.5 cm³/mol. The van der Waals surface area contributed by atoms with Gasteiger partial charge in [-0.2, -0.15) is 0 Å². The molecule has 0 atom stereocenters. The van der Waals surface area contributed by atoms with E-state index in [1.165, 1.54) is 31.2 Å². The van der Waals surface area contributed by atoms with E-state index in [1.807, 2.05) is 0 Å². The highest BCUT2D eigenvalue weighted by atomic mass is 79.9. The Labute approximate surface area is 125 Å². The largest absolute Gasteiger partial charge is 0.399 e. The van der Waals surface area contributed by atoms with Gasteiger partial charge in [-0.1, -0.05) is 6.07 Å². The van der Waals surface area contributed by atoms with Gasteiger partial charge < -0.3 is 5.73 Å². The van der Waals surface area contributed by atoms with E-state index in [9.17, 15) is 12.8 Å². The van der Waals surface area contributed by atoms with Gasteiger partial charge in [0.1, 0.15) is 10.7 Å². The highest BCUT2D eigenvalue weighted by molar-refractivity contribution is 9.10. The second-order valence-electron chi connectivity index (χ2n) is 4.21. The molecule has 0 spiro atoms. The fraction of sp³-hybridized carbons (Fsp3) is 0.0769. The number of nitrogens with one attached hydrogen (secondary N) is 1. The first kappa shape index (κ1) is 14.8. The van der Waals surface area contributed by atoms with Crippen LogP contribution in [0.15, 0.2) is 45.8 Å². The molecule has 0 aromatic heterocycles. The lowest BCUT2D eigenvalue weighted by Crippen LogP contribution is -2.15. The van der Waals surface area contributed by atoms with E-state index in [1.54, 1.807) is 12.1 Å². The van der Waals surface area contributed by atoms with Gasteiger partial charge in [0.2, 0.25) is 0 Å². The van der Waals surface area contributed by atoms with Crippen LogP contribution < -0.4 is 10.5 Å². The van der Waals surface area contributed by atoms with Crippen molar-refractivity contribution >= 4 is 37.3 Å². The summed E-state index contributed by atoms with van der Waals surface area (Å²) in [6.07, 6.45) is 0. The Kier molecular flexibility index (Phi) is 4.01. The minimum Gasteiger partial charge on any atom is -0.399 e. The van der Waals surface area contributed by atoms with Crippen LogP contribution in [0.3, 0.4) is 0 Å². The summed E-state index contributed by atoms with van der Waals surface area (Å²) in [5.41, 5.74) is 6.35. The van der Waals surface area contributed by atoms with Gasteiger partial charge in [-0.25, -0.2) is 12.8 Å². The summed E-state index contributed by atoms with van der Waals surface area (Å²) >= 11 is 3.16. The molecule has 0 aliphatic carbocycles. The summed E-state index contributed by atoms with van der Waals surface area (Å²) < 4.78 is 40.8. The van der Waals surface area contributed by atoms with Crippen LogP contribution in [-0.4, -0.2) is 8.42 Å². The number of sulfonamides is 1. The van der Waals surface area contributed by atoms with Crippen LogP contribution in [0.25, 0.3) is 0 Å². The van der Waals surface area contributed by atoms with Gasteiger partial charge in [-0.15, -0.1) is 0 Å². The molecule has 3 N–H and O–H groups in total. The number of halogens is 2. The number of nitrogen functional groups attached to an aromatic ring is 1. The van der Waals surface area contributed by atoms with Gasteiger partial charge in [0.25, 0.3) is 10.0 Å². The van der Waals surface area contributed by atoms with Crippen LogP contribution in [0, 0.1) is 12.7 Å². The predicted octanol–water partition coefficient (Wildman–Crippen LogP) is 3.28.